The Hall–Kier alpha value is -2.04. The summed E-state index contributed by atoms with van der Waals surface area (Å²) in [6, 6.07) is 6.86. The van der Waals surface area contributed by atoms with E-state index in [4.69, 9.17) is 5.73 Å². The number of halogens is 3. The summed E-state index contributed by atoms with van der Waals surface area (Å²) in [7, 11) is 0. The molecule has 0 unspecified atom stereocenters. The van der Waals surface area contributed by atoms with E-state index in [0.717, 1.165) is 17.7 Å². The number of nitrogens with two attached hydrogens (primary N) is 1. The topological polar surface area (TPSA) is 38.9 Å². The number of nitrogen functional groups attached to an aromatic ring is 1. The lowest BCUT2D eigenvalue weighted by Crippen LogP contribution is -2.04. The van der Waals surface area contributed by atoms with Crippen LogP contribution >= 0.6 is 0 Å². The quantitative estimate of drug-likeness (QED) is 0.841. The highest BCUT2D eigenvalue weighted by molar-refractivity contribution is 5.65. The third-order valence-electron chi connectivity index (χ3n) is 2.64. The molecule has 1 aromatic heterocycles. The number of pyridine rings is 1. The lowest BCUT2D eigenvalue weighted by atomic mass is 10.0. The van der Waals surface area contributed by atoms with Gasteiger partial charge in [0.2, 0.25) is 0 Å². The zero-order valence-electron chi connectivity index (χ0n) is 9.62. The highest BCUT2D eigenvalue weighted by Gasteiger charge is 2.30. The number of nitrogens with zero attached hydrogens (tertiary/aromatic N) is 1. The molecule has 0 spiro atoms. The number of alkyl halides is 3. The van der Waals surface area contributed by atoms with E-state index < -0.39 is 11.7 Å². The smallest absolute Gasteiger partial charge is 0.383 e. The molecule has 5 heteroatoms. The predicted octanol–water partition coefficient (Wildman–Crippen LogP) is 3.66. The summed E-state index contributed by atoms with van der Waals surface area (Å²) in [6.07, 6.45) is -2.87. The van der Waals surface area contributed by atoms with Gasteiger partial charge < -0.3 is 5.73 Å². The minimum atomic E-state index is -4.34. The van der Waals surface area contributed by atoms with Crippen LogP contribution in [0.1, 0.15) is 11.1 Å². The molecule has 0 bridgehead atoms. The van der Waals surface area contributed by atoms with Crippen LogP contribution in [0.25, 0.3) is 11.1 Å². The highest BCUT2D eigenvalue weighted by Crippen LogP contribution is 2.32. The minimum absolute atomic E-state index is 0.380. The monoisotopic (exact) mass is 252 g/mol. The molecule has 0 aliphatic carbocycles. The van der Waals surface area contributed by atoms with Gasteiger partial charge in [-0.1, -0.05) is 12.1 Å². The van der Waals surface area contributed by atoms with Gasteiger partial charge >= 0.3 is 6.18 Å². The van der Waals surface area contributed by atoms with Crippen molar-refractivity contribution in [1.29, 1.82) is 0 Å². The molecule has 2 N–H and O–H groups in total. The van der Waals surface area contributed by atoms with E-state index in [1.807, 2.05) is 0 Å². The fourth-order valence-electron chi connectivity index (χ4n) is 1.62. The first kappa shape index (κ1) is 12.4. The number of hydrogen-bond acceptors (Lipinski definition) is 2. The van der Waals surface area contributed by atoms with Crippen LogP contribution in [0.4, 0.5) is 19.0 Å². The first-order valence-corrected chi connectivity index (χ1v) is 5.27. The average molecular weight is 252 g/mol. The Kier molecular flexibility index (Phi) is 2.98. The molecular formula is C13H11F3N2. The van der Waals surface area contributed by atoms with Crippen molar-refractivity contribution in [3.05, 3.63) is 47.7 Å². The lowest BCUT2D eigenvalue weighted by molar-refractivity contribution is -0.137. The van der Waals surface area contributed by atoms with Gasteiger partial charge in [0.1, 0.15) is 5.82 Å². The number of aryl methyl sites for hydroxylation is 1. The average Bonchev–Trinajstić information content (AvgIpc) is 2.32. The normalized spacial score (nSPS) is 11.6. The summed E-state index contributed by atoms with van der Waals surface area (Å²) in [5.74, 6) is 0.380. The van der Waals surface area contributed by atoms with Crippen LogP contribution in [0.15, 0.2) is 36.5 Å². The van der Waals surface area contributed by atoms with Crippen LogP contribution in [0.3, 0.4) is 0 Å². The van der Waals surface area contributed by atoms with Crippen molar-refractivity contribution in [2.45, 2.75) is 13.1 Å². The fourth-order valence-corrected chi connectivity index (χ4v) is 1.62. The van der Waals surface area contributed by atoms with Crippen molar-refractivity contribution in [2.24, 2.45) is 0 Å². The molecule has 0 fully saturated rings. The summed E-state index contributed by atoms with van der Waals surface area (Å²) in [6.45, 7) is 1.76. The SMILES string of the molecule is Cc1cc(-c2cccc(C(F)(F)F)c2)cnc1N. The summed E-state index contributed by atoms with van der Waals surface area (Å²) in [4.78, 5) is 3.94. The van der Waals surface area contributed by atoms with Crippen LogP contribution in [-0.2, 0) is 6.18 Å². The largest absolute Gasteiger partial charge is 0.416 e. The molecule has 1 aromatic carbocycles. The van der Waals surface area contributed by atoms with Gasteiger partial charge in [0, 0.05) is 11.8 Å². The first-order chi connectivity index (χ1) is 8.38. The van der Waals surface area contributed by atoms with E-state index in [2.05, 4.69) is 4.98 Å². The standard InChI is InChI=1S/C13H11F3N2/c1-8-5-10(7-18-12(8)17)9-3-2-4-11(6-9)13(14,15)16/h2-7H,1H3,(H2,17,18). The van der Waals surface area contributed by atoms with Gasteiger partial charge in [-0.15, -0.1) is 0 Å². The van der Waals surface area contributed by atoms with Gasteiger partial charge in [-0.05, 0) is 36.2 Å². The van der Waals surface area contributed by atoms with Crippen molar-refractivity contribution in [3.63, 3.8) is 0 Å². The Morgan fingerprint density at radius 3 is 2.44 bits per heavy atom. The molecule has 0 radical (unpaired) electrons. The van der Waals surface area contributed by atoms with Gasteiger partial charge in [-0.3, -0.25) is 0 Å². The summed E-state index contributed by atoms with van der Waals surface area (Å²) in [5.41, 5.74) is 6.73. The van der Waals surface area contributed by atoms with E-state index in [1.165, 1.54) is 12.3 Å². The van der Waals surface area contributed by atoms with Gasteiger partial charge in [0.15, 0.2) is 0 Å². The van der Waals surface area contributed by atoms with E-state index in [9.17, 15) is 13.2 Å². The Balaban J connectivity index is 2.48. The van der Waals surface area contributed by atoms with Crippen molar-refractivity contribution < 1.29 is 13.2 Å². The molecule has 18 heavy (non-hydrogen) atoms. The van der Waals surface area contributed by atoms with E-state index >= 15 is 0 Å². The summed E-state index contributed by atoms with van der Waals surface area (Å²) in [5, 5.41) is 0. The Morgan fingerprint density at radius 1 is 1.11 bits per heavy atom. The zero-order valence-corrected chi connectivity index (χ0v) is 9.62. The van der Waals surface area contributed by atoms with Crippen molar-refractivity contribution in [1.82, 2.24) is 4.98 Å². The maximum absolute atomic E-state index is 12.6. The minimum Gasteiger partial charge on any atom is -0.383 e. The van der Waals surface area contributed by atoms with Crippen LogP contribution < -0.4 is 5.73 Å². The van der Waals surface area contributed by atoms with E-state index in [0.29, 0.717) is 16.9 Å². The molecule has 0 saturated carbocycles. The van der Waals surface area contributed by atoms with Gasteiger partial charge in [-0.25, -0.2) is 4.98 Å². The molecule has 0 amide bonds. The van der Waals surface area contributed by atoms with Crippen LogP contribution in [0, 0.1) is 6.92 Å². The van der Waals surface area contributed by atoms with Crippen LogP contribution in [0.2, 0.25) is 0 Å². The molecule has 2 nitrogen and oxygen atoms in total. The fraction of sp³-hybridized carbons (Fsp3) is 0.154. The summed E-state index contributed by atoms with van der Waals surface area (Å²) >= 11 is 0. The molecule has 0 atom stereocenters. The van der Waals surface area contributed by atoms with Crippen molar-refractivity contribution >= 4 is 5.82 Å². The maximum Gasteiger partial charge on any atom is 0.416 e. The molecule has 2 aromatic rings. The lowest BCUT2D eigenvalue weighted by Gasteiger charge is -2.09. The molecule has 0 aliphatic rings. The zero-order chi connectivity index (χ0) is 13.3. The Morgan fingerprint density at radius 2 is 1.83 bits per heavy atom. The number of benzene rings is 1. The van der Waals surface area contributed by atoms with Crippen LogP contribution in [-0.4, -0.2) is 4.98 Å². The van der Waals surface area contributed by atoms with Gasteiger partial charge in [0.25, 0.3) is 0 Å². The Bertz CT molecular complexity index is 577. The number of anilines is 1. The second-order valence-electron chi connectivity index (χ2n) is 4.00. The third kappa shape index (κ3) is 2.45. The van der Waals surface area contributed by atoms with Gasteiger partial charge in [-0.2, -0.15) is 13.2 Å². The summed E-state index contributed by atoms with van der Waals surface area (Å²) < 4.78 is 37.8. The van der Waals surface area contributed by atoms with E-state index in [-0.39, 0.29) is 0 Å². The molecule has 0 aliphatic heterocycles. The van der Waals surface area contributed by atoms with Crippen LogP contribution in [0.5, 0.6) is 0 Å². The predicted molar refractivity (Wildman–Crippen MR) is 63.8 cm³/mol. The van der Waals surface area contributed by atoms with Crippen molar-refractivity contribution in [3.8, 4) is 11.1 Å². The third-order valence-corrected chi connectivity index (χ3v) is 2.64. The molecule has 2 rings (SSSR count). The highest BCUT2D eigenvalue weighted by atomic mass is 19.4. The number of hydrogen-bond donors (Lipinski definition) is 1. The molecule has 94 valence electrons. The second kappa shape index (κ2) is 4.33. The molecular weight excluding hydrogens is 241 g/mol. The number of rotatable bonds is 1. The van der Waals surface area contributed by atoms with Gasteiger partial charge in [0.05, 0.1) is 5.56 Å². The molecule has 1 heterocycles. The first-order valence-electron chi connectivity index (χ1n) is 5.27. The van der Waals surface area contributed by atoms with E-state index in [1.54, 1.807) is 19.1 Å². The molecule has 0 saturated heterocycles. The maximum atomic E-state index is 12.6. The number of aromatic nitrogens is 1. The van der Waals surface area contributed by atoms with Crippen molar-refractivity contribution in [2.75, 3.05) is 5.73 Å². The Labute approximate surface area is 102 Å². The second-order valence-corrected chi connectivity index (χ2v) is 4.00.